The van der Waals surface area contributed by atoms with E-state index < -0.39 is 0 Å². The van der Waals surface area contributed by atoms with Gasteiger partial charge in [0.1, 0.15) is 12.1 Å². The van der Waals surface area contributed by atoms with E-state index in [0.29, 0.717) is 44.5 Å². The van der Waals surface area contributed by atoms with Crippen molar-refractivity contribution in [2.24, 2.45) is 5.92 Å². The van der Waals surface area contributed by atoms with E-state index in [-0.39, 0.29) is 23.8 Å². The van der Waals surface area contributed by atoms with Crippen molar-refractivity contribution in [3.63, 3.8) is 0 Å². The van der Waals surface area contributed by atoms with Crippen LogP contribution >= 0.6 is 11.3 Å². The molecule has 0 saturated carbocycles. The molecular weight excluding hydrogens is 464 g/mol. The highest BCUT2D eigenvalue weighted by atomic mass is 32.1. The SMILES string of the molecule is CC(C)[C@@H](NC(=O)c1ccoc1)c1nnc2n1CCN(C(=O)CCc1nc3ccccc3s1)CC2. The largest absolute Gasteiger partial charge is 0.472 e. The van der Waals surface area contributed by atoms with Crippen LogP contribution in [-0.2, 0) is 24.2 Å². The van der Waals surface area contributed by atoms with Crippen molar-refractivity contribution in [2.45, 2.75) is 45.7 Å². The zero-order chi connectivity index (χ0) is 24.4. The predicted octanol–water partition coefficient (Wildman–Crippen LogP) is 3.63. The molecule has 3 aromatic heterocycles. The molecule has 0 saturated heterocycles. The summed E-state index contributed by atoms with van der Waals surface area (Å²) in [5.41, 5.74) is 1.45. The van der Waals surface area contributed by atoms with E-state index in [2.05, 4.69) is 31.1 Å². The molecule has 4 heterocycles. The number of carbonyl (C=O) groups excluding carboxylic acids is 2. The lowest BCUT2D eigenvalue weighted by Crippen LogP contribution is -2.35. The maximum absolute atomic E-state index is 13.0. The monoisotopic (exact) mass is 492 g/mol. The van der Waals surface area contributed by atoms with Gasteiger partial charge in [-0.25, -0.2) is 4.98 Å². The summed E-state index contributed by atoms with van der Waals surface area (Å²) in [6.07, 6.45) is 4.60. The van der Waals surface area contributed by atoms with Crippen LogP contribution in [0.5, 0.6) is 0 Å². The quantitative estimate of drug-likeness (QED) is 0.422. The molecule has 5 rings (SSSR count). The summed E-state index contributed by atoms with van der Waals surface area (Å²) in [6, 6.07) is 9.37. The lowest BCUT2D eigenvalue weighted by Gasteiger charge is -2.23. The number of aryl methyl sites for hydroxylation is 1. The average Bonchev–Trinajstić information content (AvgIpc) is 3.58. The van der Waals surface area contributed by atoms with Crippen molar-refractivity contribution < 1.29 is 14.0 Å². The normalized spacial score (nSPS) is 14.7. The molecule has 1 aliphatic heterocycles. The number of aromatic nitrogens is 4. The Labute approximate surface area is 207 Å². The second-order valence-corrected chi connectivity index (χ2v) is 10.2. The highest BCUT2D eigenvalue weighted by molar-refractivity contribution is 7.18. The Morgan fingerprint density at radius 3 is 2.77 bits per heavy atom. The van der Waals surface area contributed by atoms with Crippen LogP contribution in [0.25, 0.3) is 10.2 Å². The zero-order valence-corrected chi connectivity index (χ0v) is 20.6. The van der Waals surface area contributed by atoms with Gasteiger partial charge in [-0.1, -0.05) is 26.0 Å². The molecule has 0 spiro atoms. The zero-order valence-electron chi connectivity index (χ0n) is 19.8. The summed E-state index contributed by atoms with van der Waals surface area (Å²) < 4.78 is 8.24. The molecule has 1 aliphatic rings. The molecule has 0 radical (unpaired) electrons. The number of furan rings is 1. The Balaban J connectivity index is 1.24. The number of para-hydroxylation sites is 1. The second kappa shape index (κ2) is 9.99. The maximum Gasteiger partial charge on any atom is 0.255 e. The number of carbonyl (C=O) groups is 2. The number of hydrogen-bond acceptors (Lipinski definition) is 7. The van der Waals surface area contributed by atoms with Crippen molar-refractivity contribution >= 4 is 33.4 Å². The molecule has 0 aliphatic carbocycles. The van der Waals surface area contributed by atoms with E-state index >= 15 is 0 Å². The molecule has 35 heavy (non-hydrogen) atoms. The lowest BCUT2D eigenvalue weighted by molar-refractivity contribution is -0.131. The third kappa shape index (κ3) is 4.97. The highest BCUT2D eigenvalue weighted by Gasteiger charge is 2.29. The van der Waals surface area contributed by atoms with Crippen molar-refractivity contribution in [3.05, 3.63) is 65.1 Å². The van der Waals surface area contributed by atoms with Crippen LogP contribution in [0.3, 0.4) is 0 Å². The van der Waals surface area contributed by atoms with E-state index in [1.807, 2.05) is 36.9 Å². The molecule has 0 bridgehead atoms. The van der Waals surface area contributed by atoms with E-state index in [1.165, 1.54) is 12.5 Å². The molecule has 10 heteroatoms. The van der Waals surface area contributed by atoms with Crippen LogP contribution < -0.4 is 5.32 Å². The molecule has 4 aromatic rings. The molecule has 1 N–H and O–H groups in total. The Morgan fingerprint density at radius 2 is 2.00 bits per heavy atom. The number of hydrogen-bond donors (Lipinski definition) is 1. The van der Waals surface area contributed by atoms with Crippen molar-refractivity contribution in [1.82, 2.24) is 30.0 Å². The fourth-order valence-electron chi connectivity index (χ4n) is 4.37. The summed E-state index contributed by atoms with van der Waals surface area (Å²) in [4.78, 5) is 32.2. The van der Waals surface area contributed by atoms with Crippen LogP contribution in [-0.4, -0.2) is 49.6 Å². The second-order valence-electron chi connectivity index (χ2n) is 9.04. The van der Waals surface area contributed by atoms with E-state index in [4.69, 9.17) is 4.42 Å². The first-order valence-corrected chi connectivity index (χ1v) is 12.7. The fraction of sp³-hybridized carbons (Fsp3) is 0.400. The molecule has 0 fully saturated rings. The van der Waals surface area contributed by atoms with Crippen LogP contribution in [0, 0.1) is 5.92 Å². The number of amides is 2. The van der Waals surface area contributed by atoms with Gasteiger partial charge in [0.15, 0.2) is 5.82 Å². The first kappa shape index (κ1) is 23.2. The first-order valence-electron chi connectivity index (χ1n) is 11.9. The van der Waals surface area contributed by atoms with Gasteiger partial charge in [0.05, 0.1) is 33.1 Å². The standard InChI is InChI=1S/C25H28N6O3S/c1-16(2)23(27-25(33)17-10-14-34-15-17)24-29-28-20-9-11-30(12-13-31(20)24)22(32)8-7-21-26-18-5-3-4-6-19(18)35-21/h3-6,10,14-16,23H,7-9,11-13H2,1-2H3,(H,27,33)/t23-/m1/s1. The minimum atomic E-state index is -0.306. The summed E-state index contributed by atoms with van der Waals surface area (Å²) in [6.45, 7) is 5.85. The summed E-state index contributed by atoms with van der Waals surface area (Å²) in [5.74, 6) is 1.57. The Hall–Kier alpha value is -3.53. The molecular formula is C25H28N6O3S. The van der Waals surface area contributed by atoms with E-state index in [1.54, 1.807) is 17.4 Å². The minimum Gasteiger partial charge on any atom is -0.472 e. The van der Waals surface area contributed by atoms with Gasteiger partial charge in [-0.15, -0.1) is 21.5 Å². The number of nitrogens with one attached hydrogen (secondary N) is 1. The first-order chi connectivity index (χ1) is 17.0. The molecule has 182 valence electrons. The fourth-order valence-corrected chi connectivity index (χ4v) is 5.34. The third-order valence-corrected chi connectivity index (χ3v) is 7.41. The molecule has 9 nitrogen and oxygen atoms in total. The van der Waals surface area contributed by atoms with Crippen LogP contribution in [0.4, 0.5) is 0 Å². The minimum absolute atomic E-state index is 0.106. The lowest BCUT2D eigenvalue weighted by atomic mass is 10.0. The Bertz CT molecular complexity index is 1290. The van der Waals surface area contributed by atoms with Crippen LogP contribution in [0.2, 0.25) is 0 Å². The molecule has 1 aromatic carbocycles. The van der Waals surface area contributed by atoms with Crippen molar-refractivity contribution in [2.75, 3.05) is 13.1 Å². The molecule has 2 amide bonds. The number of benzene rings is 1. The van der Waals surface area contributed by atoms with Crippen molar-refractivity contribution in [3.8, 4) is 0 Å². The predicted molar refractivity (Wildman–Crippen MR) is 132 cm³/mol. The summed E-state index contributed by atoms with van der Waals surface area (Å²) >= 11 is 1.65. The topological polar surface area (TPSA) is 106 Å². The number of thiazole rings is 1. The van der Waals surface area contributed by atoms with E-state index in [9.17, 15) is 9.59 Å². The Kier molecular flexibility index (Phi) is 6.63. The smallest absolute Gasteiger partial charge is 0.255 e. The van der Waals surface area contributed by atoms with Crippen molar-refractivity contribution in [1.29, 1.82) is 0 Å². The number of rotatable bonds is 7. The van der Waals surface area contributed by atoms with Gasteiger partial charge in [-0.2, -0.15) is 0 Å². The van der Waals surface area contributed by atoms with E-state index in [0.717, 1.165) is 26.9 Å². The van der Waals surface area contributed by atoms with Crippen LogP contribution in [0.15, 0.2) is 47.3 Å². The highest BCUT2D eigenvalue weighted by Crippen LogP contribution is 2.25. The maximum atomic E-state index is 13.0. The summed E-state index contributed by atoms with van der Waals surface area (Å²) in [5, 5.41) is 12.9. The van der Waals surface area contributed by atoms with Gasteiger partial charge < -0.3 is 19.2 Å². The van der Waals surface area contributed by atoms with Crippen LogP contribution in [0.1, 0.15) is 53.3 Å². The van der Waals surface area contributed by atoms with Gasteiger partial charge in [-0.05, 0) is 24.1 Å². The molecule has 0 unspecified atom stereocenters. The van der Waals surface area contributed by atoms with Gasteiger partial charge >= 0.3 is 0 Å². The Morgan fingerprint density at radius 1 is 1.14 bits per heavy atom. The van der Waals surface area contributed by atoms with Gasteiger partial charge in [0.2, 0.25) is 5.91 Å². The van der Waals surface area contributed by atoms with Gasteiger partial charge in [0.25, 0.3) is 5.91 Å². The van der Waals surface area contributed by atoms with Gasteiger partial charge in [-0.3, -0.25) is 9.59 Å². The molecule has 1 atom stereocenters. The number of nitrogens with zero attached hydrogens (tertiary/aromatic N) is 5. The number of fused-ring (bicyclic) bond motifs is 2. The average molecular weight is 493 g/mol. The third-order valence-electron chi connectivity index (χ3n) is 6.31. The summed E-state index contributed by atoms with van der Waals surface area (Å²) in [7, 11) is 0. The van der Waals surface area contributed by atoms with Gasteiger partial charge in [0, 0.05) is 38.9 Å².